The van der Waals surface area contributed by atoms with E-state index in [4.69, 9.17) is 9.40 Å². The van der Waals surface area contributed by atoms with Crippen LogP contribution in [-0.2, 0) is 12.0 Å². The van der Waals surface area contributed by atoms with E-state index < -0.39 is 0 Å². The summed E-state index contributed by atoms with van der Waals surface area (Å²) in [4.78, 5) is 21.6. The summed E-state index contributed by atoms with van der Waals surface area (Å²) in [5, 5.41) is 3.33. The fraction of sp³-hybridized carbons (Fsp3) is 0.556. The molecule has 0 aromatic carbocycles. The highest BCUT2D eigenvalue weighted by molar-refractivity contribution is 9.10. The Balaban J connectivity index is 1.56. The SMILES string of the molecule is Cc1cc(Br)oc1C(=O)N1CCN(Cc2csc(C(C)(C)C)n2)CC1. The highest BCUT2D eigenvalue weighted by atomic mass is 79.9. The van der Waals surface area contributed by atoms with Gasteiger partial charge >= 0.3 is 0 Å². The number of aryl methyl sites for hydroxylation is 1. The molecule has 0 bridgehead atoms. The number of amides is 1. The Morgan fingerprint density at radius 2 is 2.00 bits per heavy atom. The Bertz CT molecular complexity index is 755. The molecule has 1 aliphatic heterocycles. The first-order valence-corrected chi connectivity index (χ1v) is 10.1. The van der Waals surface area contributed by atoms with Crippen LogP contribution >= 0.6 is 27.3 Å². The van der Waals surface area contributed by atoms with E-state index in [2.05, 4.69) is 47.0 Å². The molecule has 1 fully saturated rings. The minimum absolute atomic E-state index is 0.0217. The first-order valence-electron chi connectivity index (χ1n) is 8.46. The van der Waals surface area contributed by atoms with Crippen LogP contribution in [0, 0.1) is 6.92 Å². The summed E-state index contributed by atoms with van der Waals surface area (Å²) in [5.74, 6) is 0.418. The van der Waals surface area contributed by atoms with Crippen molar-refractivity contribution in [2.45, 2.75) is 39.7 Å². The van der Waals surface area contributed by atoms with Gasteiger partial charge in [0.1, 0.15) is 0 Å². The Kier molecular flexibility index (Phi) is 5.37. The van der Waals surface area contributed by atoms with Crippen molar-refractivity contribution < 1.29 is 9.21 Å². The maximum absolute atomic E-state index is 12.6. The smallest absolute Gasteiger partial charge is 0.289 e. The minimum atomic E-state index is -0.0217. The number of piperazine rings is 1. The third kappa shape index (κ3) is 4.33. The first kappa shape index (κ1) is 18.6. The molecule has 0 spiro atoms. The van der Waals surface area contributed by atoms with Crippen molar-refractivity contribution in [3.8, 4) is 0 Å². The third-order valence-electron chi connectivity index (χ3n) is 4.32. The van der Waals surface area contributed by atoms with Gasteiger partial charge in [-0.25, -0.2) is 4.98 Å². The third-order valence-corrected chi connectivity index (χ3v) is 6.03. The van der Waals surface area contributed by atoms with Crippen LogP contribution in [0.5, 0.6) is 0 Å². The molecule has 3 heterocycles. The maximum atomic E-state index is 12.6. The molecule has 2 aromatic rings. The molecule has 5 nitrogen and oxygen atoms in total. The number of aromatic nitrogens is 1. The van der Waals surface area contributed by atoms with Gasteiger partial charge in [0.25, 0.3) is 5.91 Å². The average Bonchev–Trinajstić information content (AvgIpc) is 3.13. The molecule has 25 heavy (non-hydrogen) atoms. The van der Waals surface area contributed by atoms with E-state index in [1.165, 1.54) is 5.01 Å². The van der Waals surface area contributed by atoms with Gasteiger partial charge in [-0.3, -0.25) is 9.69 Å². The number of thiazole rings is 1. The van der Waals surface area contributed by atoms with Crippen molar-refractivity contribution in [2.75, 3.05) is 26.2 Å². The number of carbonyl (C=O) groups excluding carboxylic acids is 1. The largest absolute Gasteiger partial charge is 0.444 e. The van der Waals surface area contributed by atoms with E-state index >= 15 is 0 Å². The van der Waals surface area contributed by atoms with Gasteiger partial charge in [0.15, 0.2) is 10.4 Å². The Hall–Kier alpha value is -1.18. The van der Waals surface area contributed by atoms with Crippen LogP contribution in [0.4, 0.5) is 0 Å². The number of nitrogens with zero attached hydrogens (tertiary/aromatic N) is 3. The van der Waals surface area contributed by atoms with Crippen molar-refractivity contribution in [1.82, 2.24) is 14.8 Å². The molecular weight excluding hydrogens is 402 g/mol. The second-order valence-corrected chi connectivity index (χ2v) is 9.16. The summed E-state index contributed by atoms with van der Waals surface area (Å²) >= 11 is 5.02. The van der Waals surface area contributed by atoms with E-state index in [9.17, 15) is 4.79 Å². The lowest BCUT2D eigenvalue weighted by Crippen LogP contribution is -2.48. The fourth-order valence-corrected chi connectivity index (χ4v) is 4.27. The van der Waals surface area contributed by atoms with Crippen molar-refractivity contribution in [3.63, 3.8) is 0 Å². The van der Waals surface area contributed by atoms with Gasteiger partial charge in [-0.1, -0.05) is 20.8 Å². The summed E-state index contributed by atoms with van der Waals surface area (Å²) in [6.45, 7) is 12.5. The molecular formula is C18H24BrN3O2S. The van der Waals surface area contributed by atoms with Gasteiger partial charge in [-0.15, -0.1) is 11.3 Å². The second-order valence-electron chi connectivity index (χ2n) is 7.52. The van der Waals surface area contributed by atoms with Crippen LogP contribution in [0.1, 0.15) is 47.6 Å². The van der Waals surface area contributed by atoms with Gasteiger partial charge in [0.2, 0.25) is 0 Å². The van der Waals surface area contributed by atoms with Crippen LogP contribution in [0.15, 0.2) is 20.5 Å². The molecule has 0 unspecified atom stereocenters. The lowest BCUT2D eigenvalue weighted by molar-refractivity contribution is 0.0594. The lowest BCUT2D eigenvalue weighted by atomic mass is 9.98. The normalized spacial score (nSPS) is 16.4. The van der Waals surface area contributed by atoms with E-state index in [0.717, 1.165) is 30.9 Å². The van der Waals surface area contributed by atoms with Crippen molar-refractivity contribution in [2.24, 2.45) is 0 Å². The van der Waals surface area contributed by atoms with Crippen molar-refractivity contribution in [1.29, 1.82) is 0 Å². The highest BCUT2D eigenvalue weighted by Crippen LogP contribution is 2.26. The summed E-state index contributed by atoms with van der Waals surface area (Å²) in [6, 6.07) is 1.83. The second kappa shape index (κ2) is 7.21. The Morgan fingerprint density at radius 1 is 1.32 bits per heavy atom. The van der Waals surface area contributed by atoms with Gasteiger partial charge in [-0.2, -0.15) is 0 Å². The van der Waals surface area contributed by atoms with Gasteiger partial charge in [0, 0.05) is 49.1 Å². The zero-order valence-electron chi connectivity index (χ0n) is 15.1. The average molecular weight is 426 g/mol. The zero-order chi connectivity index (χ0) is 18.2. The van der Waals surface area contributed by atoms with E-state index in [0.29, 0.717) is 23.5 Å². The maximum Gasteiger partial charge on any atom is 0.289 e. The highest BCUT2D eigenvalue weighted by Gasteiger charge is 2.26. The molecule has 2 aromatic heterocycles. The molecule has 0 saturated carbocycles. The van der Waals surface area contributed by atoms with Crippen molar-refractivity contribution >= 4 is 33.2 Å². The summed E-state index contributed by atoms with van der Waals surface area (Å²) < 4.78 is 6.09. The minimum Gasteiger partial charge on any atom is -0.444 e. The van der Waals surface area contributed by atoms with Crippen LogP contribution in [0.3, 0.4) is 0 Å². The standard InChI is InChI=1S/C18H24BrN3O2S/c1-12-9-14(19)24-15(12)16(23)22-7-5-21(6-8-22)10-13-11-25-17(20-13)18(2,3)4/h9,11H,5-8,10H2,1-4H3. The summed E-state index contributed by atoms with van der Waals surface area (Å²) in [5.41, 5.74) is 2.10. The molecule has 0 N–H and O–H groups in total. The molecule has 0 atom stereocenters. The zero-order valence-corrected chi connectivity index (χ0v) is 17.5. The summed E-state index contributed by atoms with van der Waals surface area (Å²) in [6.07, 6.45) is 0. The predicted molar refractivity (Wildman–Crippen MR) is 103 cm³/mol. The number of furan rings is 1. The molecule has 136 valence electrons. The van der Waals surface area contributed by atoms with Gasteiger partial charge in [0.05, 0.1) is 10.7 Å². The molecule has 7 heteroatoms. The van der Waals surface area contributed by atoms with E-state index in [1.807, 2.05) is 17.9 Å². The van der Waals surface area contributed by atoms with Gasteiger partial charge < -0.3 is 9.32 Å². The van der Waals surface area contributed by atoms with Crippen LogP contribution in [0.2, 0.25) is 0 Å². The van der Waals surface area contributed by atoms with Crippen LogP contribution < -0.4 is 0 Å². The number of carbonyl (C=O) groups is 1. The molecule has 1 amide bonds. The van der Waals surface area contributed by atoms with E-state index in [-0.39, 0.29) is 11.3 Å². The van der Waals surface area contributed by atoms with E-state index in [1.54, 1.807) is 11.3 Å². The molecule has 0 radical (unpaired) electrons. The monoisotopic (exact) mass is 425 g/mol. The number of hydrogen-bond donors (Lipinski definition) is 0. The molecule has 0 aliphatic carbocycles. The van der Waals surface area contributed by atoms with Crippen LogP contribution in [-0.4, -0.2) is 46.9 Å². The fourth-order valence-electron chi connectivity index (χ4n) is 2.86. The molecule has 3 rings (SSSR count). The van der Waals surface area contributed by atoms with Gasteiger partial charge in [-0.05, 0) is 28.9 Å². The lowest BCUT2D eigenvalue weighted by Gasteiger charge is -2.34. The molecule has 1 saturated heterocycles. The first-order chi connectivity index (χ1) is 11.7. The van der Waals surface area contributed by atoms with Crippen LogP contribution in [0.25, 0.3) is 0 Å². The van der Waals surface area contributed by atoms with Crippen molar-refractivity contribution in [3.05, 3.63) is 38.1 Å². The topological polar surface area (TPSA) is 49.6 Å². The quantitative estimate of drug-likeness (QED) is 0.743. The Labute approximate surface area is 161 Å². The molecule has 1 aliphatic rings. The number of rotatable bonds is 3. The number of halogens is 1. The summed E-state index contributed by atoms with van der Waals surface area (Å²) in [7, 11) is 0. The number of hydrogen-bond acceptors (Lipinski definition) is 5. The Morgan fingerprint density at radius 3 is 2.52 bits per heavy atom. The predicted octanol–water partition coefficient (Wildman–Crippen LogP) is 4.06.